The van der Waals surface area contributed by atoms with E-state index in [2.05, 4.69) is 9.84 Å². The van der Waals surface area contributed by atoms with E-state index in [1.54, 1.807) is 6.92 Å². The summed E-state index contributed by atoms with van der Waals surface area (Å²) in [5, 5.41) is 4.20. The van der Waals surface area contributed by atoms with E-state index in [4.69, 9.17) is 17.3 Å². The Hall–Kier alpha value is -0.860. The van der Waals surface area contributed by atoms with Crippen molar-refractivity contribution in [1.29, 1.82) is 0 Å². The van der Waals surface area contributed by atoms with Gasteiger partial charge in [-0.1, -0.05) is 11.6 Å². The average molecular weight is 304 g/mol. The zero-order valence-electron chi connectivity index (χ0n) is 10.1. The van der Waals surface area contributed by atoms with E-state index >= 15 is 0 Å². The number of aromatic nitrogens is 2. The number of hydrogen-bond acceptors (Lipinski definition) is 3. The van der Waals surface area contributed by atoms with Gasteiger partial charge in [-0.2, -0.15) is 13.9 Å². The Kier molecular flexibility index (Phi) is 5.57. The molecule has 9 heteroatoms. The molecule has 1 aromatic rings. The molecule has 0 radical (unpaired) electrons. The van der Waals surface area contributed by atoms with Gasteiger partial charge >= 0.3 is 12.3 Å². The highest BCUT2D eigenvalue weighted by atomic mass is 35.5. The molecule has 0 spiro atoms. The fourth-order valence-electron chi connectivity index (χ4n) is 1.46. The monoisotopic (exact) mass is 303 g/mol. The molecule has 4 nitrogen and oxygen atoms in total. The second kappa shape index (κ2) is 6.53. The maximum Gasteiger partial charge on any atom is 0.330 e. The van der Waals surface area contributed by atoms with Crippen LogP contribution in [-0.4, -0.2) is 35.3 Å². The van der Waals surface area contributed by atoms with Gasteiger partial charge in [0.15, 0.2) is 0 Å². The molecular formula is C10H14ClF4N3O. The molecule has 110 valence electrons. The number of nitrogens with two attached hydrogens (primary N) is 1. The van der Waals surface area contributed by atoms with Crippen LogP contribution in [0.2, 0.25) is 5.02 Å². The number of nitrogens with zero attached hydrogens (tertiary/aromatic N) is 2. The van der Waals surface area contributed by atoms with E-state index in [0.29, 0.717) is 12.2 Å². The van der Waals surface area contributed by atoms with Gasteiger partial charge in [-0.15, -0.1) is 0 Å². The Morgan fingerprint density at radius 3 is 2.68 bits per heavy atom. The molecule has 19 heavy (non-hydrogen) atoms. The third-order valence-corrected chi connectivity index (χ3v) is 2.69. The molecule has 0 aromatic carbocycles. The minimum absolute atomic E-state index is 0.276. The topological polar surface area (TPSA) is 53.1 Å². The third-order valence-electron chi connectivity index (χ3n) is 2.40. The second-order valence-corrected chi connectivity index (χ2v) is 4.28. The molecule has 0 fully saturated rings. The molecule has 0 amide bonds. The molecule has 1 unspecified atom stereocenters. The standard InChI is InChI=1S/C10H14ClF4N3O/c1-2-18-8(6(11)3-17-18)7(16)4-19-5-10(14,15)9(12)13/h3,7,9H,2,4-5,16H2,1H3. The molecule has 0 bridgehead atoms. The number of hydrogen-bond donors (Lipinski definition) is 1. The molecule has 1 heterocycles. The smallest absolute Gasteiger partial charge is 0.330 e. The molecule has 1 atom stereocenters. The lowest BCUT2D eigenvalue weighted by atomic mass is 10.2. The Morgan fingerprint density at radius 2 is 2.16 bits per heavy atom. The molecular weight excluding hydrogens is 290 g/mol. The van der Waals surface area contributed by atoms with Gasteiger partial charge < -0.3 is 10.5 Å². The predicted octanol–water partition coefficient (Wildman–Crippen LogP) is 2.47. The molecule has 0 saturated heterocycles. The zero-order valence-corrected chi connectivity index (χ0v) is 10.9. The first-order valence-electron chi connectivity index (χ1n) is 5.50. The summed E-state index contributed by atoms with van der Waals surface area (Å²) in [5.41, 5.74) is 6.14. The number of ether oxygens (including phenoxy) is 1. The summed E-state index contributed by atoms with van der Waals surface area (Å²) in [6, 6.07) is -0.816. The van der Waals surface area contributed by atoms with Crippen LogP contribution in [0.3, 0.4) is 0 Å². The van der Waals surface area contributed by atoms with Crippen LogP contribution in [0.1, 0.15) is 18.7 Å². The van der Waals surface area contributed by atoms with Gasteiger partial charge in [0.25, 0.3) is 0 Å². The summed E-state index contributed by atoms with van der Waals surface area (Å²) in [7, 11) is 0. The first kappa shape index (κ1) is 16.2. The molecule has 0 saturated carbocycles. The van der Waals surface area contributed by atoms with Crippen LogP contribution < -0.4 is 5.73 Å². The maximum absolute atomic E-state index is 12.6. The molecule has 0 aliphatic heterocycles. The molecule has 0 aliphatic carbocycles. The van der Waals surface area contributed by atoms with E-state index in [1.807, 2.05) is 0 Å². The summed E-state index contributed by atoms with van der Waals surface area (Å²) >= 11 is 5.85. The minimum atomic E-state index is -4.19. The second-order valence-electron chi connectivity index (χ2n) is 3.88. The highest BCUT2D eigenvalue weighted by Gasteiger charge is 2.41. The van der Waals surface area contributed by atoms with Crippen LogP contribution in [0.4, 0.5) is 17.6 Å². The average Bonchev–Trinajstić information content (AvgIpc) is 2.69. The van der Waals surface area contributed by atoms with Gasteiger partial charge in [0.05, 0.1) is 29.6 Å². The van der Waals surface area contributed by atoms with Crippen molar-refractivity contribution in [2.24, 2.45) is 5.73 Å². The van der Waals surface area contributed by atoms with Crippen molar-refractivity contribution in [2.75, 3.05) is 13.2 Å². The van der Waals surface area contributed by atoms with E-state index in [0.717, 1.165) is 0 Å². The van der Waals surface area contributed by atoms with Crippen LogP contribution in [0.15, 0.2) is 6.20 Å². The third kappa shape index (κ3) is 4.05. The molecule has 0 aliphatic rings. The first-order valence-corrected chi connectivity index (χ1v) is 5.87. The van der Waals surface area contributed by atoms with Gasteiger partial charge in [-0.05, 0) is 6.92 Å². The van der Waals surface area contributed by atoms with Gasteiger partial charge in [0.1, 0.15) is 6.61 Å². The Labute approximate surface area is 112 Å². The van der Waals surface area contributed by atoms with Crippen molar-refractivity contribution >= 4 is 11.6 Å². The largest absolute Gasteiger partial charge is 0.373 e. The Morgan fingerprint density at radius 1 is 1.53 bits per heavy atom. The molecule has 1 aromatic heterocycles. The molecule has 2 N–H and O–H groups in total. The fraction of sp³-hybridized carbons (Fsp3) is 0.700. The van der Waals surface area contributed by atoms with Crippen molar-refractivity contribution in [2.45, 2.75) is 31.9 Å². The van der Waals surface area contributed by atoms with Crippen LogP contribution >= 0.6 is 11.6 Å². The van der Waals surface area contributed by atoms with Crippen molar-refractivity contribution in [3.8, 4) is 0 Å². The zero-order chi connectivity index (χ0) is 14.6. The number of halogens is 5. The van der Waals surface area contributed by atoms with Crippen LogP contribution in [-0.2, 0) is 11.3 Å². The van der Waals surface area contributed by atoms with E-state index in [9.17, 15) is 17.6 Å². The number of rotatable bonds is 7. The van der Waals surface area contributed by atoms with Gasteiger partial charge in [0.2, 0.25) is 0 Å². The Balaban J connectivity index is 2.56. The summed E-state index contributed by atoms with van der Waals surface area (Å²) in [6.45, 7) is 0.540. The summed E-state index contributed by atoms with van der Waals surface area (Å²) in [5.74, 6) is -4.19. The quantitative estimate of drug-likeness (QED) is 0.787. The van der Waals surface area contributed by atoms with Gasteiger partial charge in [-0.25, -0.2) is 8.78 Å². The Bertz CT molecular complexity index is 413. The predicted molar refractivity (Wildman–Crippen MR) is 61.6 cm³/mol. The summed E-state index contributed by atoms with van der Waals surface area (Å²) in [4.78, 5) is 0. The van der Waals surface area contributed by atoms with Crippen LogP contribution in [0, 0.1) is 0 Å². The van der Waals surface area contributed by atoms with E-state index < -0.39 is 25.0 Å². The van der Waals surface area contributed by atoms with Gasteiger partial charge in [-0.3, -0.25) is 4.68 Å². The van der Waals surface area contributed by atoms with Gasteiger partial charge in [0, 0.05) is 6.54 Å². The molecule has 1 rings (SSSR count). The maximum atomic E-state index is 12.6. The number of alkyl halides is 4. The number of aryl methyl sites for hydroxylation is 1. The minimum Gasteiger partial charge on any atom is -0.373 e. The first-order chi connectivity index (χ1) is 8.79. The van der Waals surface area contributed by atoms with Crippen LogP contribution in [0.5, 0.6) is 0 Å². The van der Waals surface area contributed by atoms with E-state index in [-0.39, 0.29) is 11.6 Å². The van der Waals surface area contributed by atoms with Crippen molar-refractivity contribution in [3.05, 3.63) is 16.9 Å². The normalized spacial score (nSPS) is 14.1. The van der Waals surface area contributed by atoms with Crippen molar-refractivity contribution in [3.63, 3.8) is 0 Å². The van der Waals surface area contributed by atoms with Crippen molar-refractivity contribution in [1.82, 2.24) is 9.78 Å². The highest BCUT2D eigenvalue weighted by molar-refractivity contribution is 6.31. The SMILES string of the molecule is CCn1ncc(Cl)c1C(N)COCC(F)(F)C(F)F. The summed E-state index contributed by atoms with van der Waals surface area (Å²) in [6.07, 6.45) is -2.40. The van der Waals surface area contributed by atoms with Crippen LogP contribution in [0.25, 0.3) is 0 Å². The lowest BCUT2D eigenvalue weighted by Gasteiger charge is -2.18. The lowest BCUT2D eigenvalue weighted by Crippen LogP contribution is -2.34. The lowest BCUT2D eigenvalue weighted by molar-refractivity contribution is -0.166. The fourth-order valence-corrected chi connectivity index (χ4v) is 1.74. The summed E-state index contributed by atoms with van der Waals surface area (Å²) < 4.78 is 55.0. The van der Waals surface area contributed by atoms with Crippen molar-refractivity contribution < 1.29 is 22.3 Å². The van der Waals surface area contributed by atoms with E-state index in [1.165, 1.54) is 10.9 Å². The highest BCUT2D eigenvalue weighted by Crippen LogP contribution is 2.25.